The van der Waals surface area contributed by atoms with Gasteiger partial charge in [-0.1, -0.05) is 22.0 Å². The van der Waals surface area contributed by atoms with Crippen LogP contribution in [0.15, 0.2) is 22.7 Å². The maximum Gasteiger partial charge on any atom is 0.231 e. The normalized spacial score (nSPS) is 12.4. The molecule has 1 aromatic carbocycles. The summed E-state index contributed by atoms with van der Waals surface area (Å²) in [6, 6.07) is 5.73. The lowest BCUT2D eigenvalue weighted by molar-refractivity contribution is -0.126. The van der Waals surface area contributed by atoms with Crippen LogP contribution in [0.3, 0.4) is 0 Å². The zero-order valence-electron chi connectivity index (χ0n) is 11.6. The second-order valence-corrected chi connectivity index (χ2v) is 6.57. The molecule has 0 aliphatic carbocycles. The first kappa shape index (κ1) is 15.2. The highest BCUT2D eigenvalue weighted by atomic mass is 79.9. The number of carbonyl (C=O) groups is 1. The summed E-state index contributed by atoms with van der Waals surface area (Å²) in [5, 5.41) is 2.95. The highest BCUT2D eigenvalue weighted by Gasteiger charge is 2.40. The van der Waals surface area contributed by atoms with Gasteiger partial charge in [-0.3, -0.25) is 4.79 Å². The number of nitrogens with two attached hydrogens (primary N) is 1. The fourth-order valence-electron chi connectivity index (χ4n) is 1.31. The standard InChI is InChI=1S/C14H21BrN2O/c1-9-10(15)7-6-8-11(9)17-12(18)13(2,3)14(4,5)16/h6-8H,16H2,1-5H3,(H,17,18). The molecule has 0 saturated carbocycles. The number of carbonyl (C=O) groups excluding carboxylic acids is 1. The van der Waals surface area contributed by atoms with Crippen LogP contribution in [0.2, 0.25) is 0 Å². The minimum absolute atomic E-state index is 0.0730. The molecule has 3 nitrogen and oxygen atoms in total. The third kappa shape index (κ3) is 2.93. The highest BCUT2D eigenvalue weighted by molar-refractivity contribution is 9.10. The minimum Gasteiger partial charge on any atom is -0.325 e. The number of nitrogens with one attached hydrogen (secondary N) is 1. The van der Waals surface area contributed by atoms with Crippen LogP contribution in [-0.2, 0) is 4.79 Å². The summed E-state index contributed by atoms with van der Waals surface area (Å²) >= 11 is 3.45. The van der Waals surface area contributed by atoms with Crippen molar-refractivity contribution in [1.29, 1.82) is 0 Å². The van der Waals surface area contributed by atoms with Crippen LogP contribution in [0.5, 0.6) is 0 Å². The van der Waals surface area contributed by atoms with E-state index in [1.165, 1.54) is 0 Å². The molecule has 0 heterocycles. The van der Waals surface area contributed by atoms with Crippen molar-refractivity contribution < 1.29 is 4.79 Å². The van der Waals surface area contributed by atoms with E-state index in [1.54, 1.807) is 0 Å². The molecule has 3 N–H and O–H groups in total. The summed E-state index contributed by atoms with van der Waals surface area (Å²) < 4.78 is 0.977. The van der Waals surface area contributed by atoms with Crippen molar-refractivity contribution in [2.75, 3.05) is 5.32 Å². The van der Waals surface area contributed by atoms with Crippen LogP contribution in [0.4, 0.5) is 5.69 Å². The number of amides is 1. The fraction of sp³-hybridized carbons (Fsp3) is 0.500. The SMILES string of the molecule is Cc1c(Br)cccc1NC(=O)C(C)(C)C(C)(C)N. The van der Waals surface area contributed by atoms with E-state index in [2.05, 4.69) is 21.2 Å². The Kier molecular flexibility index (Phi) is 4.23. The molecule has 0 radical (unpaired) electrons. The van der Waals surface area contributed by atoms with Gasteiger partial charge in [-0.05, 0) is 52.3 Å². The first-order valence-electron chi connectivity index (χ1n) is 5.93. The van der Waals surface area contributed by atoms with E-state index in [9.17, 15) is 4.79 Å². The van der Waals surface area contributed by atoms with Gasteiger partial charge in [0.1, 0.15) is 0 Å². The molecule has 0 aromatic heterocycles. The predicted molar refractivity (Wildman–Crippen MR) is 79.6 cm³/mol. The number of benzene rings is 1. The predicted octanol–water partition coefficient (Wildman–Crippen LogP) is 3.46. The summed E-state index contributed by atoms with van der Waals surface area (Å²) in [4.78, 5) is 12.3. The Bertz CT molecular complexity index is 461. The summed E-state index contributed by atoms with van der Waals surface area (Å²) in [6.45, 7) is 9.40. The molecule has 0 unspecified atom stereocenters. The van der Waals surface area contributed by atoms with Gasteiger partial charge in [0.05, 0.1) is 5.41 Å². The first-order chi connectivity index (χ1) is 8.07. The van der Waals surface area contributed by atoms with E-state index in [1.807, 2.05) is 52.8 Å². The zero-order valence-corrected chi connectivity index (χ0v) is 13.2. The van der Waals surface area contributed by atoms with E-state index in [4.69, 9.17) is 5.73 Å². The van der Waals surface area contributed by atoms with Crippen molar-refractivity contribution in [3.63, 3.8) is 0 Å². The lowest BCUT2D eigenvalue weighted by Crippen LogP contribution is -2.53. The molecule has 1 aromatic rings. The molecular weight excluding hydrogens is 292 g/mol. The largest absolute Gasteiger partial charge is 0.325 e. The summed E-state index contributed by atoms with van der Waals surface area (Å²) in [5.41, 5.74) is 6.65. The number of anilines is 1. The number of hydrogen-bond donors (Lipinski definition) is 2. The molecule has 0 spiro atoms. The summed E-state index contributed by atoms with van der Waals surface area (Å²) in [5.74, 6) is -0.0730. The molecule has 18 heavy (non-hydrogen) atoms. The third-order valence-corrected chi connectivity index (χ3v) is 4.55. The van der Waals surface area contributed by atoms with E-state index < -0.39 is 11.0 Å². The lowest BCUT2D eigenvalue weighted by atomic mass is 9.74. The molecule has 0 fully saturated rings. The molecule has 1 rings (SSSR count). The van der Waals surface area contributed by atoms with Gasteiger partial charge in [0.15, 0.2) is 0 Å². The molecule has 1 amide bonds. The van der Waals surface area contributed by atoms with Crippen LogP contribution in [-0.4, -0.2) is 11.4 Å². The monoisotopic (exact) mass is 312 g/mol. The molecule has 0 atom stereocenters. The van der Waals surface area contributed by atoms with Gasteiger partial charge in [-0.15, -0.1) is 0 Å². The smallest absolute Gasteiger partial charge is 0.231 e. The average Bonchev–Trinajstić information content (AvgIpc) is 2.23. The molecule has 4 heteroatoms. The van der Waals surface area contributed by atoms with Crippen LogP contribution in [0, 0.1) is 12.3 Å². The Morgan fingerprint density at radius 2 is 1.83 bits per heavy atom. The van der Waals surface area contributed by atoms with Crippen molar-refractivity contribution in [3.05, 3.63) is 28.2 Å². The summed E-state index contributed by atoms with van der Waals surface area (Å²) in [6.07, 6.45) is 0. The molecule has 0 saturated heterocycles. The van der Waals surface area contributed by atoms with Crippen molar-refractivity contribution in [2.45, 2.75) is 40.2 Å². The van der Waals surface area contributed by atoms with Crippen molar-refractivity contribution in [3.8, 4) is 0 Å². The van der Waals surface area contributed by atoms with Crippen molar-refractivity contribution >= 4 is 27.5 Å². The number of rotatable bonds is 3. The van der Waals surface area contributed by atoms with E-state index >= 15 is 0 Å². The van der Waals surface area contributed by atoms with Gasteiger partial charge in [0, 0.05) is 15.7 Å². The minimum atomic E-state index is -0.651. The maximum absolute atomic E-state index is 12.3. The van der Waals surface area contributed by atoms with Crippen LogP contribution in [0.25, 0.3) is 0 Å². The Balaban J connectivity index is 2.99. The van der Waals surface area contributed by atoms with Gasteiger partial charge in [0.2, 0.25) is 5.91 Å². The molecule has 100 valence electrons. The second-order valence-electron chi connectivity index (χ2n) is 5.71. The average molecular weight is 313 g/mol. The van der Waals surface area contributed by atoms with Gasteiger partial charge < -0.3 is 11.1 Å². The molecule has 0 aliphatic rings. The van der Waals surface area contributed by atoms with E-state index in [0.29, 0.717) is 0 Å². The fourth-order valence-corrected chi connectivity index (χ4v) is 1.68. The van der Waals surface area contributed by atoms with E-state index in [-0.39, 0.29) is 5.91 Å². The Morgan fingerprint density at radius 1 is 1.28 bits per heavy atom. The lowest BCUT2D eigenvalue weighted by Gasteiger charge is -2.37. The van der Waals surface area contributed by atoms with E-state index in [0.717, 1.165) is 15.7 Å². The molecule has 0 bridgehead atoms. The Labute approximate surface area is 117 Å². The highest BCUT2D eigenvalue weighted by Crippen LogP contribution is 2.31. The molecule has 0 aliphatic heterocycles. The quantitative estimate of drug-likeness (QED) is 0.898. The zero-order chi connectivity index (χ0) is 14.1. The van der Waals surface area contributed by atoms with Crippen LogP contribution < -0.4 is 11.1 Å². The summed E-state index contributed by atoms with van der Waals surface area (Å²) in [7, 11) is 0. The van der Waals surface area contributed by atoms with Crippen molar-refractivity contribution in [2.24, 2.45) is 11.1 Å². The number of halogens is 1. The first-order valence-corrected chi connectivity index (χ1v) is 6.72. The topological polar surface area (TPSA) is 55.1 Å². The van der Waals surface area contributed by atoms with Crippen LogP contribution in [0.1, 0.15) is 33.3 Å². The second kappa shape index (κ2) is 5.02. The van der Waals surface area contributed by atoms with Gasteiger partial charge in [-0.2, -0.15) is 0 Å². The Morgan fingerprint density at radius 3 is 2.33 bits per heavy atom. The van der Waals surface area contributed by atoms with Crippen LogP contribution >= 0.6 is 15.9 Å². The molecular formula is C14H21BrN2O. The number of hydrogen-bond acceptors (Lipinski definition) is 2. The maximum atomic E-state index is 12.3. The van der Waals surface area contributed by atoms with Crippen molar-refractivity contribution in [1.82, 2.24) is 0 Å². The Hall–Kier alpha value is -0.870. The third-order valence-electron chi connectivity index (χ3n) is 3.69. The van der Waals surface area contributed by atoms with Gasteiger partial charge >= 0.3 is 0 Å². The van der Waals surface area contributed by atoms with Gasteiger partial charge in [0.25, 0.3) is 0 Å². The van der Waals surface area contributed by atoms with Gasteiger partial charge in [-0.25, -0.2) is 0 Å².